The lowest BCUT2D eigenvalue weighted by atomic mass is 10.2. The van der Waals surface area contributed by atoms with Crippen LogP contribution in [0.4, 0.5) is 5.95 Å². The summed E-state index contributed by atoms with van der Waals surface area (Å²) in [5, 5.41) is 4.12. The summed E-state index contributed by atoms with van der Waals surface area (Å²) in [6, 6.07) is 11.8. The highest BCUT2D eigenvalue weighted by atomic mass is 16.5. The van der Waals surface area contributed by atoms with E-state index in [1.165, 1.54) is 0 Å². The van der Waals surface area contributed by atoms with Crippen LogP contribution in [0.3, 0.4) is 0 Å². The van der Waals surface area contributed by atoms with Crippen LogP contribution in [0.25, 0.3) is 11.4 Å². The molecule has 128 valence electrons. The zero-order valence-electron chi connectivity index (χ0n) is 14.1. The molecular formula is C18H20N6O. The zero-order chi connectivity index (χ0) is 17.1. The molecule has 1 aliphatic rings. The Labute approximate surface area is 146 Å². The van der Waals surface area contributed by atoms with Crippen molar-refractivity contribution >= 4 is 5.95 Å². The molecule has 25 heavy (non-hydrogen) atoms. The van der Waals surface area contributed by atoms with Gasteiger partial charge >= 0.3 is 0 Å². The number of aromatic nitrogens is 4. The van der Waals surface area contributed by atoms with Crippen LogP contribution in [0.5, 0.6) is 0 Å². The Bertz CT molecular complexity index is 799. The Morgan fingerprint density at radius 1 is 0.960 bits per heavy atom. The molecule has 0 unspecified atom stereocenters. The molecular weight excluding hydrogens is 316 g/mol. The van der Waals surface area contributed by atoms with Crippen LogP contribution in [0.1, 0.15) is 18.9 Å². The van der Waals surface area contributed by atoms with Gasteiger partial charge in [0, 0.05) is 44.1 Å². The largest absolute Gasteiger partial charge is 0.338 e. The molecule has 7 heteroatoms. The first-order valence-corrected chi connectivity index (χ1v) is 8.46. The average Bonchev–Trinajstić information content (AvgIpc) is 3.19. The quantitative estimate of drug-likeness (QED) is 0.724. The lowest BCUT2D eigenvalue weighted by molar-refractivity contribution is 0.163. The Kier molecular flexibility index (Phi) is 4.39. The Morgan fingerprint density at radius 3 is 2.40 bits per heavy atom. The van der Waals surface area contributed by atoms with Crippen LogP contribution in [0.2, 0.25) is 0 Å². The molecule has 3 aromatic rings. The minimum atomic E-state index is 0.0869. The topological polar surface area (TPSA) is 71.2 Å². The van der Waals surface area contributed by atoms with Gasteiger partial charge in [0.1, 0.15) is 0 Å². The number of benzene rings is 1. The van der Waals surface area contributed by atoms with E-state index in [1.54, 1.807) is 12.4 Å². The summed E-state index contributed by atoms with van der Waals surface area (Å²) in [6.45, 7) is 5.68. The van der Waals surface area contributed by atoms with Gasteiger partial charge in [-0.2, -0.15) is 4.98 Å². The maximum Gasteiger partial charge on any atom is 0.244 e. The normalized spacial score (nSPS) is 16.8. The summed E-state index contributed by atoms with van der Waals surface area (Å²) in [7, 11) is 0. The van der Waals surface area contributed by atoms with E-state index in [4.69, 9.17) is 4.52 Å². The number of hydrogen-bond acceptors (Lipinski definition) is 7. The first kappa shape index (κ1) is 15.7. The maximum absolute atomic E-state index is 5.50. The molecule has 1 fully saturated rings. The number of nitrogens with zero attached hydrogens (tertiary/aromatic N) is 6. The molecule has 0 spiro atoms. The van der Waals surface area contributed by atoms with Crippen LogP contribution in [-0.4, -0.2) is 51.2 Å². The molecule has 1 aromatic carbocycles. The molecule has 0 radical (unpaired) electrons. The van der Waals surface area contributed by atoms with Gasteiger partial charge in [-0.1, -0.05) is 35.5 Å². The molecule has 3 heterocycles. The number of rotatable bonds is 4. The van der Waals surface area contributed by atoms with Crippen molar-refractivity contribution < 1.29 is 4.52 Å². The third-order valence-electron chi connectivity index (χ3n) is 4.53. The standard InChI is InChI=1S/C18H20N6O/c1-14(17-21-16(22-25-17)15-6-3-2-4-7-15)23-10-12-24(13-11-23)18-19-8-5-9-20-18/h2-9,14H,10-13H2,1H3/t14-/m1/s1. The summed E-state index contributed by atoms with van der Waals surface area (Å²) in [5.74, 6) is 2.08. The molecule has 1 saturated heterocycles. The smallest absolute Gasteiger partial charge is 0.244 e. The molecule has 0 bridgehead atoms. The molecule has 0 aliphatic carbocycles. The second kappa shape index (κ2) is 6.98. The molecule has 7 nitrogen and oxygen atoms in total. The SMILES string of the molecule is C[C@H](c1nc(-c2ccccc2)no1)N1CCN(c2ncccn2)CC1. The summed E-state index contributed by atoms with van der Waals surface area (Å²) in [6.07, 6.45) is 3.56. The van der Waals surface area contributed by atoms with Crippen molar-refractivity contribution in [3.8, 4) is 11.4 Å². The first-order valence-electron chi connectivity index (χ1n) is 8.46. The van der Waals surface area contributed by atoms with Gasteiger partial charge in [0.25, 0.3) is 0 Å². The summed E-state index contributed by atoms with van der Waals surface area (Å²) in [5.41, 5.74) is 0.968. The van der Waals surface area contributed by atoms with Crippen molar-refractivity contribution in [2.75, 3.05) is 31.1 Å². The highest BCUT2D eigenvalue weighted by Gasteiger charge is 2.26. The van der Waals surface area contributed by atoms with Gasteiger partial charge in [-0.15, -0.1) is 0 Å². The van der Waals surface area contributed by atoms with Crippen LogP contribution in [-0.2, 0) is 0 Å². The van der Waals surface area contributed by atoms with Gasteiger partial charge in [-0.05, 0) is 13.0 Å². The highest BCUT2D eigenvalue weighted by Crippen LogP contribution is 2.24. The molecule has 0 N–H and O–H groups in total. The first-order chi connectivity index (χ1) is 12.3. The van der Waals surface area contributed by atoms with Crippen LogP contribution in [0, 0.1) is 0 Å². The van der Waals surface area contributed by atoms with E-state index in [0.29, 0.717) is 11.7 Å². The number of piperazine rings is 1. The van der Waals surface area contributed by atoms with Crippen molar-refractivity contribution in [3.05, 3.63) is 54.7 Å². The van der Waals surface area contributed by atoms with E-state index in [2.05, 4.69) is 36.8 Å². The monoisotopic (exact) mass is 336 g/mol. The minimum Gasteiger partial charge on any atom is -0.338 e. The average molecular weight is 336 g/mol. The van der Waals surface area contributed by atoms with Crippen molar-refractivity contribution in [2.24, 2.45) is 0 Å². The minimum absolute atomic E-state index is 0.0869. The van der Waals surface area contributed by atoms with Gasteiger partial charge < -0.3 is 9.42 Å². The third-order valence-corrected chi connectivity index (χ3v) is 4.53. The fourth-order valence-electron chi connectivity index (χ4n) is 3.03. The lowest BCUT2D eigenvalue weighted by Gasteiger charge is -2.36. The van der Waals surface area contributed by atoms with Crippen molar-refractivity contribution in [2.45, 2.75) is 13.0 Å². The van der Waals surface area contributed by atoms with Gasteiger partial charge in [0.15, 0.2) is 0 Å². The predicted octanol–water partition coefficient (Wildman–Crippen LogP) is 2.41. The van der Waals surface area contributed by atoms with E-state index in [1.807, 2.05) is 36.4 Å². The van der Waals surface area contributed by atoms with Crippen molar-refractivity contribution in [3.63, 3.8) is 0 Å². The van der Waals surface area contributed by atoms with Gasteiger partial charge in [0.05, 0.1) is 6.04 Å². The highest BCUT2D eigenvalue weighted by molar-refractivity contribution is 5.53. The van der Waals surface area contributed by atoms with Gasteiger partial charge in [0.2, 0.25) is 17.7 Å². The van der Waals surface area contributed by atoms with E-state index < -0.39 is 0 Å². The lowest BCUT2D eigenvalue weighted by Crippen LogP contribution is -2.47. The van der Waals surface area contributed by atoms with E-state index >= 15 is 0 Å². The second-order valence-electron chi connectivity index (χ2n) is 6.07. The van der Waals surface area contributed by atoms with E-state index in [0.717, 1.165) is 37.7 Å². The fourth-order valence-corrected chi connectivity index (χ4v) is 3.03. The van der Waals surface area contributed by atoms with Crippen LogP contribution in [0.15, 0.2) is 53.3 Å². The summed E-state index contributed by atoms with van der Waals surface area (Å²) in [4.78, 5) is 17.8. The molecule has 2 aromatic heterocycles. The van der Waals surface area contributed by atoms with Crippen LogP contribution < -0.4 is 4.90 Å². The van der Waals surface area contributed by atoms with Gasteiger partial charge in [-0.3, -0.25) is 4.90 Å². The van der Waals surface area contributed by atoms with Gasteiger partial charge in [-0.25, -0.2) is 9.97 Å². The second-order valence-corrected chi connectivity index (χ2v) is 6.07. The van der Waals surface area contributed by atoms with Crippen LogP contribution >= 0.6 is 0 Å². The number of anilines is 1. The Hall–Kier alpha value is -2.80. The Morgan fingerprint density at radius 2 is 1.68 bits per heavy atom. The predicted molar refractivity (Wildman–Crippen MR) is 94.0 cm³/mol. The maximum atomic E-state index is 5.50. The van der Waals surface area contributed by atoms with E-state index in [-0.39, 0.29) is 6.04 Å². The Balaban J connectivity index is 1.41. The molecule has 0 amide bonds. The molecule has 0 saturated carbocycles. The zero-order valence-corrected chi connectivity index (χ0v) is 14.1. The molecule has 1 aliphatic heterocycles. The summed E-state index contributed by atoms with van der Waals surface area (Å²) < 4.78 is 5.50. The summed E-state index contributed by atoms with van der Waals surface area (Å²) >= 11 is 0. The molecule has 1 atom stereocenters. The molecule has 4 rings (SSSR count). The van der Waals surface area contributed by atoms with Crippen molar-refractivity contribution in [1.29, 1.82) is 0 Å². The number of hydrogen-bond donors (Lipinski definition) is 0. The van der Waals surface area contributed by atoms with Crippen molar-refractivity contribution in [1.82, 2.24) is 25.0 Å². The third kappa shape index (κ3) is 3.36. The fraction of sp³-hybridized carbons (Fsp3) is 0.333. The van der Waals surface area contributed by atoms with E-state index in [9.17, 15) is 0 Å².